The number of hydrogen-bond donors (Lipinski definition) is 1. The number of hydrogen-bond acceptors (Lipinski definition) is 2. The van der Waals surface area contributed by atoms with E-state index in [0.29, 0.717) is 0 Å². The molecule has 1 rings (SSSR count). The largest absolute Gasteiger partial charge is 0.317 e. The number of nitrogens with one attached hydrogen (secondary N) is 1. The second-order valence-corrected chi connectivity index (χ2v) is 4.45. The molecule has 1 heterocycles. The molecule has 0 aromatic rings. The number of rotatable bonds is 6. The number of likely N-dealkylation sites (tertiary alicyclic amines) is 1. The smallest absolute Gasteiger partial charge is 0.00156 e. The summed E-state index contributed by atoms with van der Waals surface area (Å²) in [7, 11) is 0. The van der Waals surface area contributed by atoms with Gasteiger partial charge >= 0.3 is 0 Å². The van der Waals surface area contributed by atoms with E-state index in [2.05, 4.69) is 24.1 Å². The van der Waals surface area contributed by atoms with Gasteiger partial charge in [0.25, 0.3) is 0 Å². The van der Waals surface area contributed by atoms with Crippen molar-refractivity contribution in [3.63, 3.8) is 0 Å². The summed E-state index contributed by atoms with van der Waals surface area (Å²) in [6, 6.07) is 0. The maximum atomic E-state index is 3.46. The zero-order valence-corrected chi connectivity index (χ0v) is 9.89. The van der Waals surface area contributed by atoms with Crippen LogP contribution in [0.2, 0.25) is 0 Å². The molecule has 0 amide bonds. The van der Waals surface area contributed by atoms with E-state index < -0.39 is 0 Å². The minimum atomic E-state index is 0.938. The molecular weight excluding hydrogens is 172 g/mol. The third kappa shape index (κ3) is 4.43. The standard InChI is InChI=1S/C12H26N2/c1-3-5-8-14-9-6-12(7-10-14)11-13-4-2/h12-13H,3-11H2,1-2H3. The molecule has 0 spiro atoms. The van der Waals surface area contributed by atoms with Crippen molar-refractivity contribution < 1.29 is 0 Å². The number of piperidine rings is 1. The first-order chi connectivity index (χ1) is 6.86. The van der Waals surface area contributed by atoms with Gasteiger partial charge in [0.15, 0.2) is 0 Å². The molecule has 0 aromatic heterocycles. The summed E-state index contributed by atoms with van der Waals surface area (Å²) >= 11 is 0. The Morgan fingerprint density at radius 2 is 1.93 bits per heavy atom. The van der Waals surface area contributed by atoms with E-state index in [1.807, 2.05) is 0 Å². The summed E-state index contributed by atoms with van der Waals surface area (Å²) in [5, 5.41) is 3.46. The van der Waals surface area contributed by atoms with E-state index in [-0.39, 0.29) is 0 Å². The van der Waals surface area contributed by atoms with Gasteiger partial charge in [-0.1, -0.05) is 20.3 Å². The van der Waals surface area contributed by atoms with Gasteiger partial charge in [-0.15, -0.1) is 0 Å². The Morgan fingerprint density at radius 3 is 2.50 bits per heavy atom. The van der Waals surface area contributed by atoms with E-state index in [1.165, 1.54) is 51.9 Å². The van der Waals surface area contributed by atoms with Crippen LogP contribution in [0.25, 0.3) is 0 Å². The highest BCUT2D eigenvalue weighted by Crippen LogP contribution is 2.16. The number of unbranched alkanes of at least 4 members (excludes halogenated alkanes) is 1. The van der Waals surface area contributed by atoms with Gasteiger partial charge in [-0.25, -0.2) is 0 Å². The van der Waals surface area contributed by atoms with Crippen LogP contribution in [-0.4, -0.2) is 37.6 Å². The Balaban J connectivity index is 2.05. The summed E-state index contributed by atoms with van der Waals surface area (Å²) in [6.45, 7) is 10.8. The predicted octanol–water partition coefficient (Wildman–Crippen LogP) is 2.11. The van der Waals surface area contributed by atoms with Crippen molar-refractivity contribution in [1.82, 2.24) is 10.2 Å². The monoisotopic (exact) mass is 198 g/mol. The summed E-state index contributed by atoms with van der Waals surface area (Å²) in [6.07, 6.45) is 5.50. The molecule has 0 unspecified atom stereocenters. The third-order valence-corrected chi connectivity index (χ3v) is 3.22. The zero-order chi connectivity index (χ0) is 10.2. The predicted molar refractivity (Wildman–Crippen MR) is 62.6 cm³/mol. The lowest BCUT2D eigenvalue weighted by molar-refractivity contribution is 0.180. The second-order valence-electron chi connectivity index (χ2n) is 4.45. The van der Waals surface area contributed by atoms with Crippen molar-refractivity contribution in [3.8, 4) is 0 Å². The molecule has 2 nitrogen and oxygen atoms in total. The van der Waals surface area contributed by atoms with Crippen molar-refractivity contribution >= 4 is 0 Å². The van der Waals surface area contributed by atoms with Gasteiger partial charge in [0.05, 0.1) is 0 Å². The van der Waals surface area contributed by atoms with E-state index in [0.717, 1.165) is 12.5 Å². The Kier molecular flexibility index (Phi) is 6.20. The first-order valence-corrected chi connectivity index (χ1v) is 6.29. The Labute approximate surface area is 89.1 Å². The molecule has 14 heavy (non-hydrogen) atoms. The van der Waals surface area contributed by atoms with Gasteiger partial charge in [0.2, 0.25) is 0 Å². The van der Waals surface area contributed by atoms with Gasteiger partial charge in [-0.2, -0.15) is 0 Å². The molecule has 0 atom stereocenters. The Bertz CT molecular complexity index is 112. The van der Waals surface area contributed by atoms with Crippen molar-refractivity contribution in [3.05, 3.63) is 0 Å². The second kappa shape index (κ2) is 7.24. The van der Waals surface area contributed by atoms with Gasteiger partial charge < -0.3 is 10.2 Å². The third-order valence-electron chi connectivity index (χ3n) is 3.22. The maximum Gasteiger partial charge on any atom is -0.00156 e. The van der Waals surface area contributed by atoms with E-state index >= 15 is 0 Å². The van der Waals surface area contributed by atoms with Gasteiger partial charge in [0, 0.05) is 0 Å². The molecule has 0 aromatic carbocycles. The van der Waals surface area contributed by atoms with Crippen molar-refractivity contribution in [2.75, 3.05) is 32.7 Å². The SMILES string of the molecule is CCCCN1CCC(CNCC)CC1. The normalized spacial score (nSPS) is 20.1. The molecule has 84 valence electrons. The molecule has 1 saturated heterocycles. The van der Waals surface area contributed by atoms with Crippen LogP contribution in [0.4, 0.5) is 0 Å². The molecular formula is C12H26N2. The molecule has 0 aliphatic carbocycles. The molecule has 0 radical (unpaired) electrons. The van der Waals surface area contributed by atoms with E-state index in [1.54, 1.807) is 0 Å². The van der Waals surface area contributed by atoms with Crippen LogP contribution in [0, 0.1) is 5.92 Å². The molecule has 0 bridgehead atoms. The lowest BCUT2D eigenvalue weighted by atomic mass is 9.96. The fourth-order valence-corrected chi connectivity index (χ4v) is 2.14. The van der Waals surface area contributed by atoms with Gasteiger partial charge in [-0.05, 0) is 57.9 Å². The minimum Gasteiger partial charge on any atom is -0.317 e. The van der Waals surface area contributed by atoms with Crippen molar-refractivity contribution in [2.45, 2.75) is 39.5 Å². The molecule has 1 aliphatic rings. The van der Waals surface area contributed by atoms with Crippen LogP contribution in [0.5, 0.6) is 0 Å². The van der Waals surface area contributed by atoms with Crippen LogP contribution >= 0.6 is 0 Å². The van der Waals surface area contributed by atoms with Crippen LogP contribution in [0.1, 0.15) is 39.5 Å². The summed E-state index contributed by atoms with van der Waals surface area (Å²) in [5.41, 5.74) is 0. The molecule has 2 heteroatoms. The lowest BCUT2D eigenvalue weighted by Crippen LogP contribution is -2.37. The highest BCUT2D eigenvalue weighted by atomic mass is 15.1. The van der Waals surface area contributed by atoms with Crippen LogP contribution < -0.4 is 5.32 Å². The zero-order valence-electron chi connectivity index (χ0n) is 9.89. The first-order valence-electron chi connectivity index (χ1n) is 6.29. The van der Waals surface area contributed by atoms with Crippen LogP contribution in [-0.2, 0) is 0 Å². The molecule has 0 saturated carbocycles. The van der Waals surface area contributed by atoms with E-state index in [9.17, 15) is 0 Å². The summed E-state index contributed by atoms with van der Waals surface area (Å²) < 4.78 is 0. The van der Waals surface area contributed by atoms with Crippen molar-refractivity contribution in [2.24, 2.45) is 5.92 Å². The average Bonchev–Trinajstić information content (AvgIpc) is 2.25. The highest BCUT2D eigenvalue weighted by Gasteiger charge is 2.17. The first kappa shape index (κ1) is 12.0. The quantitative estimate of drug-likeness (QED) is 0.703. The van der Waals surface area contributed by atoms with Gasteiger partial charge in [0.1, 0.15) is 0 Å². The minimum absolute atomic E-state index is 0.938. The molecule has 1 fully saturated rings. The lowest BCUT2D eigenvalue weighted by Gasteiger charge is -2.31. The number of nitrogens with zero attached hydrogens (tertiary/aromatic N) is 1. The molecule has 1 aliphatic heterocycles. The van der Waals surface area contributed by atoms with Crippen LogP contribution in [0.3, 0.4) is 0 Å². The van der Waals surface area contributed by atoms with Gasteiger partial charge in [-0.3, -0.25) is 0 Å². The summed E-state index contributed by atoms with van der Waals surface area (Å²) in [4.78, 5) is 2.63. The highest BCUT2D eigenvalue weighted by molar-refractivity contribution is 4.73. The fraction of sp³-hybridized carbons (Fsp3) is 1.00. The Hall–Kier alpha value is -0.0800. The van der Waals surface area contributed by atoms with E-state index in [4.69, 9.17) is 0 Å². The fourth-order valence-electron chi connectivity index (χ4n) is 2.14. The maximum absolute atomic E-state index is 3.46. The summed E-state index contributed by atoms with van der Waals surface area (Å²) in [5.74, 6) is 0.938. The van der Waals surface area contributed by atoms with Crippen LogP contribution in [0.15, 0.2) is 0 Å². The molecule has 1 N–H and O–H groups in total. The van der Waals surface area contributed by atoms with Crippen molar-refractivity contribution in [1.29, 1.82) is 0 Å². The topological polar surface area (TPSA) is 15.3 Å². The Morgan fingerprint density at radius 1 is 1.21 bits per heavy atom. The average molecular weight is 198 g/mol.